The van der Waals surface area contributed by atoms with E-state index in [1.807, 2.05) is 0 Å². The monoisotopic (exact) mass is 250 g/mol. The molecule has 4 nitrogen and oxygen atoms in total. The quantitative estimate of drug-likeness (QED) is 0.781. The molecule has 2 N–H and O–H groups in total. The minimum atomic E-state index is -0.938. The molecular weight excluding hydrogens is 228 g/mol. The molecule has 0 aliphatic heterocycles. The summed E-state index contributed by atoms with van der Waals surface area (Å²) >= 11 is 0. The minimum absolute atomic E-state index is 0.160. The van der Waals surface area contributed by atoms with Crippen molar-refractivity contribution < 1.29 is 9.90 Å². The van der Waals surface area contributed by atoms with E-state index in [-0.39, 0.29) is 11.1 Å². The zero-order valence-electron chi connectivity index (χ0n) is 11.4. The highest BCUT2D eigenvalue weighted by Crippen LogP contribution is 2.19. The summed E-state index contributed by atoms with van der Waals surface area (Å²) in [5, 5.41) is 12.3. The fourth-order valence-corrected chi connectivity index (χ4v) is 2.06. The molecule has 1 heterocycles. The van der Waals surface area contributed by atoms with Crippen molar-refractivity contribution in [3.63, 3.8) is 0 Å². The van der Waals surface area contributed by atoms with Gasteiger partial charge in [-0.05, 0) is 31.4 Å². The van der Waals surface area contributed by atoms with Gasteiger partial charge in [0.25, 0.3) is 0 Å². The average Bonchev–Trinajstić information content (AvgIpc) is 2.41. The molecule has 0 saturated heterocycles. The Bertz CT molecular complexity index is 375. The number of carboxylic acids is 1. The fraction of sp³-hybridized carbons (Fsp3) is 0.571. The number of carboxylic acid groups (broad SMARTS) is 1. The molecule has 0 saturated carbocycles. The van der Waals surface area contributed by atoms with Gasteiger partial charge in [-0.25, -0.2) is 4.79 Å². The van der Waals surface area contributed by atoms with Gasteiger partial charge < -0.3 is 10.4 Å². The van der Waals surface area contributed by atoms with E-state index in [9.17, 15) is 4.79 Å². The number of carbonyl (C=O) groups is 1. The largest absolute Gasteiger partial charge is 0.478 e. The van der Waals surface area contributed by atoms with E-state index in [0.717, 1.165) is 25.0 Å². The van der Waals surface area contributed by atoms with Gasteiger partial charge in [0, 0.05) is 18.3 Å². The third-order valence-corrected chi connectivity index (χ3v) is 3.75. The Labute approximate surface area is 108 Å². The van der Waals surface area contributed by atoms with Gasteiger partial charge >= 0.3 is 5.97 Å². The van der Waals surface area contributed by atoms with Crippen LogP contribution in [0, 0.1) is 0 Å². The molecule has 0 spiro atoms. The van der Waals surface area contributed by atoms with Crippen LogP contribution in [0.25, 0.3) is 0 Å². The number of nitrogens with zero attached hydrogens (tertiary/aromatic N) is 1. The lowest BCUT2D eigenvalue weighted by Crippen LogP contribution is -2.43. The Hall–Kier alpha value is -1.42. The van der Waals surface area contributed by atoms with Crippen LogP contribution in [0.4, 0.5) is 0 Å². The molecule has 0 aromatic carbocycles. The molecule has 0 aliphatic rings. The summed E-state index contributed by atoms with van der Waals surface area (Å²) in [6, 6.07) is 3.36. The predicted molar refractivity (Wildman–Crippen MR) is 71.6 cm³/mol. The molecule has 0 unspecified atom stereocenters. The van der Waals surface area contributed by atoms with E-state index in [1.54, 1.807) is 12.1 Å². The van der Waals surface area contributed by atoms with Gasteiger partial charge in [-0.1, -0.05) is 20.8 Å². The van der Waals surface area contributed by atoms with E-state index in [0.29, 0.717) is 6.54 Å². The highest BCUT2D eigenvalue weighted by Gasteiger charge is 2.22. The van der Waals surface area contributed by atoms with Crippen LogP contribution in [0.15, 0.2) is 18.3 Å². The van der Waals surface area contributed by atoms with Crippen LogP contribution < -0.4 is 5.32 Å². The molecule has 0 fully saturated rings. The van der Waals surface area contributed by atoms with Crippen molar-refractivity contribution in [3.05, 3.63) is 29.6 Å². The third kappa shape index (κ3) is 3.53. The molecule has 0 radical (unpaired) electrons. The molecule has 1 rings (SSSR count). The lowest BCUT2D eigenvalue weighted by atomic mass is 9.90. The van der Waals surface area contributed by atoms with Crippen LogP contribution >= 0.6 is 0 Å². The Morgan fingerprint density at radius 2 is 1.89 bits per heavy atom. The van der Waals surface area contributed by atoms with Crippen LogP contribution in [0.5, 0.6) is 0 Å². The van der Waals surface area contributed by atoms with Gasteiger partial charge in [0.1, 0.15) is 0 Å². The Morgan fingerprint density at radius 1 is 1.28 bits per heavy atom. The zero-order valence-corrected chi connectivity index (χ0v) is 11.4. The van der Waals surface area contributed by atoms with Crippen molar-refractivity contribution in [2.75, 3.05) is 0 Å². The lowest BCUT2D eigenvalue weighted by molar-refractivity contribution is 0.0696. The second-order valence-electron chi connectivity index (χ2n) is 4.54. The van der Waals surface area contributed by atoms with Crippen molar-refractivity contribution in [1.82, 2.24) is 10.3 Å². The minimum Gasteiger partial charge on any atom is -0.478 e. The first kappa shape index (κ1) is 14.6. The van der Waals surface area contributed by atoms with Crippen LogP contribution in [-0.2, 0) is 6.54 Å². The second-order valence-corrected chi connectivity index (χ2v) is 4.54. The summed E-state index contributed by atoms with van der Waals surface area (Å²) in [6.45, 7) is 7.22. The van der Waals surface area contributed by atoms with Gasteiger partial charge in [-0.3, -0.25) is 4.98 Å². The summed E-state index contributed by atoms with van der Waals surface area (Å²) in [5.41, 5.74) is 1.26. The first-order chi connectivity index (χ1) is 8.56. The number of aromatic nitrogens is 1. The van der Waals surface area contributed by atoms with Crippen molar-refractivity contribution in [3.8, 4) is 0 Å². The maximum absolute atomic E-state index is 10.7. The van der Waals surface area contributed by atoms with E-state index in [2.05, 4.69) is 31.1 Å². The maximum atomic E-state index is 10.7. The molecule has 1 aromatic heterocycles. The van der Waals surface area contributed by atoms with Crippen LogP contribution in [-0.4, -0.2) is 21.6 Å². The molecular formula is C14H22N2O2. The molecule has 0 aliphatic carbocycles. The Balaban J connectivity index is 2.65. The number of aromatic carboxylic acids is 1. The Morgan fingerprint density at radius 3 is 2.28 bits per heavy atom. The molecule has 0 atom stereocenters. The predicted octanol–water partition coefficient (Wildman–Crippen LogP) is 2.84. The van der Waals surface area contributed by atoms with Gasteiger partial charge in [-0.2, -0.15) is 0 Å². The number of hydrogen-bond donors (Lipinski definition) is 2. The highest BCUT2D eigenvalue weighted by molar-refractivity contribution is 5.87. The molecule has 18 heavy (non-hydrogen) atoms. The second kappa shape index (κ2) is 6.50. The third-order valence-electron chi connectivity index (χ3n) is 3.75. The summed E-state index contributed by atoms with van der Waals surface area (Å²) in [4.78, 5) is 14.9. The van der Waals surface area contributed by atoms with Gasteiger partial charge in [0.05, 0.1) is 11.3 Å². The number of pyridine rings is 1. The zero-order chi connectivity index (χ0) is 13.6. The number of hydrogen-bond acceptors (Lipinski definition) is 3. The highest BCUT2D eigenvalue weighted by atomic mass is 16.4. The van der Waals surface area contributed by atoms with Crippen molar-refractivity contribution in [1.29, 1.82) is 0 Å². The summed E-state index contributed by atoms with van der Waals surface area (Å²) < 4.78 is 0. The molecule has 4 heteroatoms. The van der Waals surface area contributed by atoms with E-state index in [4.69, 9.17) is 5.11 Å². The topological polar surface area (TPSA) is 62.2 Å². The molecule has 0 bridgehead atoms. The SMILES string of the molecule is CCC(CC)(CC)NCc1ccc(C(=O)O)cn1. The van der Waals surface area contributed by atoms with E-state index >= 15 is 0 Å². The van der Waals surface area contributed by atoms with Crippen molar-refractivity contribution in [2.45, 2.75) is 52.1 Å². The van der Waals surface area contributed by atoms with Crippen LogP contribution in [0.3, 0.4) is 0 Å². The number of nitrogens with one attached hydrogen (secondary N) is 1. The van der Waals surface area contributed by atoms with Gasteiger partial charge in [-0.15, -0.1) is 0 Å². The summed E-state index contributed by atoms with van der Waals surface area (Å²) in [6.07, 6.45) is 4.64. The van der Waals surface area contributed by atoms with Crippen molar-refractivity contribution >= 4 is 5.97 Å². The first-order valence-corrected chi connectivity index (χ1v) is 6.50. The molecule has 0 amide bonds. The van der Waals surface area contributed by atoms with Crippen molar-refractivity contribution in [2.24, 2.45) is 0 Å². The van der Waals surface area contributed by atoms with Gasteiger partial charge in [0.2, 0.25) is 0 Å². The Kier molecular flexibility index (Phi) is 5.28. The standard InChI is InChI=1S/C14H22N2O2/c1-4-14(5-2,6-3)16-10-12-8-7-11(9-15-12)13(17)18/h7-9,16H,4-6,10H2,1-3H3,(H,17,18). The molecule has 1 aromatic rings. The lowest BCUT2D eigenvalue weighted by Gasteiger charge is -2.31. The van der Waals surface area contributed by atoms with Gasteiger partial charge in [0.15, 0.2) is 0 Å². The first-order valence-electron chi connectivity index (χ1n) is 6.50. The van der Waals surface area contributed by atoms with Crippen LogP contribution in [0.1, 0.15) is 56.1 Å². The summed E-state index contributed by atoms with van der Waals surface area (Å²) in [7, 11) is 0. The number of rotatable bonds is 7. The van der Waals surface area contributed by atoms with E-state index < -0.39 is 5.97 Å². The fourth-order valence-electron chi connectivity index (χ4n) is 2.06. The average molecular weight is 250 g/mol. The summed E-state index contributed by atoms with van der Waals surface area (Å²) in [5.74, 6) is -0.938. The normalized spacial score (nSPS) is 11.5. The van der Waals surface area contributed by atoms with Crippen LogP contribution in [0.2, 0.25) is 0 Å². The van der Waals surface area contributed by atoms with E-state index in [1.165, 1.54) is 6.20 Å². The maximum Gasteiger partial charge on any atom is 0.337 e. The smallest absolute Gasteiger partial charge is 0.337 e. The molecule has 100 valence electrons.